The Morgan fingerprint density at radius 1 is 0.821 bits per heavy atom. The first-order valence-electron chi connectivity index (χ1n) is 8.81. The van der Waals surface area contributed by atoms with Crippen LogP contribution in [0, 0.1) is 0 Å². The molecular weight excluding hydrogens is 354 g/mol. The fourth-order valence-electron chi connectivity index (χ4n) is 2.53. The van der Waals surface area contributed by atoms with Crippen molar-refractivity contribution in [2.45, 2.75) is 13.0 Å². The second-order valence-electron chi connectivity index (χ2n) is 6.24. The molecule has 3 aromatic rings. The van der Waals surface area contributed by atoms with E-state index in [4.69, 9.17) is 10.5 Å². The fourth-order valence-corrected chi connectivity index (χ4v) is 2.53. The Balaban J connectivity index is 1.55. The van der Waals surface area contributed by atoms with Crippen LogP contribution in [0.25, 0.3) is 0 Å². The van der Waals surface area contributed by atoms with E-state index in [0.29, 0.717) is 17.0 Å². The lowest BCUT2D eigenvalue weighted by Crippen LogP contribution is -2.31. The Morgan fingerprint density at radius 2 is 1.39 bits per heavy atom. The van der Waals surface area contributed by atoms with Gasteiger partial charge in [0.25, 0.3) is 0 Å². The van der Waals surface area contributed by atoms with Crippen LogP contribution in [-0.2, 0) is 4.79 Å². The molecule has 2 amide bonds. The van der Waals surface area contributed by atoms with Crippen molar-refractivity contribution in [2.24, 2.45) is 5.73 Å². The van der Waals surface area contributed by atoms with Gasteiger partial charge in [0.2, 0.25) is 11.8 Å². The molecule has 0 aliphatic heterocycles. The van der Waals surface area contributed by atoms with Gasteiger partial charge in [0, 0.05) is 16.9 Å². The van der Waals surface area contributed by atoms with Crippen molar-refractivity contribution in [2.75, 3.05) is 10.6 Å². The fraction of sp³-hybridized carbons (Fsp3) is 0.0909. The first-order chi connectivity index (χ1) is 13.5. The molecule has 142 valence electrons. The van der Waals surface area contributed by atoms with Crippen molar-refractivity contribution in [3.63, 3.8) is 0 Å². The zero-order chi connectivity index (χ0) is 19.9. The molecule has 0 saturated carbocycles. The third-order valence-electron chi connectivity index (χ3n) is 4.05. The molecule has 4 N–H and O–H groups in total. The van der Waals surface area contributed by atoms with E-state index >= 15 is 0 Å². The molecule has 0 aromatic heterocycles. The van der Waals surface area contributed by atoms with Gasteiger partial charge in [-0.05, 0) is 67.6 Å². The molecule has 0 heterocycles. The van der Waals surface area contributed by atoms with Gasteiger partial charge in [-0.2, -0.15) is 0 Å². The maximum atomic E-state index is 12.4. The van der Waals surface area contributed by atoms with Gasteiger partial charge in [-0.1, -0.05) is 18.2 Å². The first kappa shape index (κ1) is 19.0. The van der Waals surface area contributed by atoms with Crippen molar-refractivity contribution in [3.8, 4) is 11.5 Å². The van der Waals surface area contributed by atoms with Gasteiger partial charge in [-0.25, -0.2) is 0 Å². The molecule has 6 heteroatoms. The number of carbonyl (C=O) groups is 2. The second-order valence-corrected chi connectivity index (χ2v) is 6.24. The Morgan fingerprint density at radius 3 is 2.00 bits per heavy atom. The summed E-state index contributed by atoms with van der Waals surface area (Å²) in [6, 6.07) is 22.8. The molecule has 0 fully saturated rings. The molecule has 0 unspecified atom stereocenters. The number of hydrogen-bond donors (Lipinski definition) is 3. The van der Waals surface area contributed by atoms with Gasteiger partial charge < -0.3 is 21.1 Å². The average Bonchev–Trinajstić information content (AvgIpc) is 2.70. The summed E-state index contributed by atoms with van der Waals surface area (Å²) in [5.41, 5.74) is 7.03. The number of nitrogens with one attached hydrogen (secondary N) is 2. The van der Waals surface area contributed by atoms with Gasteiger partial charge in [-0.15, -0.1) is 0 Å². The Bertz CT molecular complexity index is 939. The predicted molar refractivity (Wildman–Crippen MR) is 110 cm³/mol. The maximum absolute atomic E-state index is 12.4. The normalized spacial score (nSPS) is 11.3. The third kappa shape index (κ3) is 5.11. The number of ether oxygens (including phenoxy) is 1. The summed E-state index contributed by atoms with van der Waals surface area (Å²) in [6.07, 6.45) is 0. The van der Waals surface area contributed by atoms with Gasteiger partial charge in [0.1, 0.15) is 17.5 Å². The molecule has 3 rings (SSSR count). The molecular formula is C22H21N3O3. The minimum atomic E-state index is -0.489. The highest BCUT2D eigenvalue weighted by atomic mass is 16.5. The van der Waals surface area contributed by atoms with E-state index in [2.05, 4.69) is 10.6 Å². The zero-order valence-corrected chi connectivity index (χ0v) is 15.4. The highest BCUT2D eigenvalue weighted by Gasteiger charge is 2.13. The summed E-state index contributed by atoms with van der Waals surface area (Å²) < 4.78 is 5.73. The first-order valence-corrected chi connectivity index (χ1v) is 8.81. The van der Waals surface area contributed by atoms with E-state index in [1.165, 1.54) is 0 Å². The minimum absolute atomic E-state index is 0.185. The molecule has 0 aliphatic rings. The van der Waals surface area contributed by atoms with Crippen molar-refractivity contribution in [1.82, 2.24) is 0 Å². The SMILES string of the molecule is C[C@@H](Nc1ccc(C(N)=O)cc1)C(=O)Nc1ccc(Oc2ccccc2)cc1. The molecule has 0 spiro atoms. The van der Waals surface area contributed by atoms with Crippen molar-refractivity contribution in [3.05, 3.63) is 84.4 Å². The summed E-state index contributed by atoms with van der Waals surface area (Å²) in [5.74, 6) is 0.761. The van der Waals surface area contributed by atoms with E-state index in [1.807, 2.05) is 30.3 Å². The lowest BCUT2D eigenvalue weighted by molar-refractivity contribution is -0.116. The molecule has 0 bridgehead atoms. The number of rotatable bonds is 7. The number of benzene rings is 3. The number of primary amides is 1. The highest BCUT2D eigenvalue weighted by Crippen LogP contribution is 2.22. The quantitative estimate of drug-likeness (QED) is 0.581. The van der Waals surface area contributed by atoms with Crippen LogP contribution in [0.3, 0.4) is 0 Å². The van der Waals surface area contributed by atoms with Crippen LogP contribution < -0.4 is 21.1 Å². The largest absolute Gasteiger partial charge is 0.457 e. The zero-order valence-electron chi connectivity index (χ0n) is 15.4. The smallest absolute Gasteiger partial charge is 0.248 e. The number of anilines is 2. The van der Waals surface area contributed by atoms with Crippen LogP contribution in [0.1, 0.15) is 17.3 Å². The molecule has 1 atom stereocenters. The summed E-state index contributed by atoms with van der Waals surface area (Å²) in [6.45, 7) is 1.75. The lowest BCUT2D eigenvalue weighted by Gasteiger charge is -2.15. The average molecular weight is 375 g/mol. The lowest BCUT2D eigenvalue weighted by atomic mass is 10.2. The van der Waals surface area contributed by atoms with E-state index < -0.39 is 11.9 Å². The second kappa shape index (κ2) is 8.73. The van der Waals surface area contributed by atoms with Gasteiger partial charge in [-0.3, -0.25) is 9.59 Å². The third-order valence-corrected chi connectivity index (χ3v) is 4.05. The van der Waals surface area contributed by atoms with Gasteiger partial charge >= 0.3 is 0 Å². The van der Waals surface area contributed by atoms with E-state index in [1.54, 1.807) is 55.5 Å². The summed E-state index contributed by atoms with van der Waals surface area (Å²) in [4.78, 5) is 23.5. The van der Waals surface area contributed by atoms with Crippen LogP contribution in [0.5, 0.6) is 11.5 Å². The Hall–Kier alpha value is -3.80. The monoisotopic (exact) mass is 375 g/mol. The number of nitrogens with two attached hydrogens (primary N) is 1. The van der Waals surface area contributed by atoms with E-state index in [0.717, 1.165) is 11.4 Å². The number of hydrogen-bond acceptors (Lipinski definition) is 4. The van der Waals surface area contributed by atoms with Crippen LogP contribution in [0.2, 0.25) is 0 Å². The van der Waals surface area contributed by atoms with Crippen LogP contribution in [-0.4, -0.2) is 17.9 Å². The number of para-hydroxylation sites is 1. The van der Waals surface area contributed by atoms with Crippen LogP contribution in [0.4, 0.5) is 11.4 Å². The minimum Gasteiger partial charge on any atom is -0.457 e. The molecule has 28 heavy (non-hydrogen) atoms. The Labute approximate surface area is 163 Å². The van der Waals surface area contributed by atoms with Crippen molar-refractivity contribution >= 4 is 23.2 Å². The van der Waals surface area contributed by atoms with E-state index in [-0.39, 0.29) is 5.91 Å². The maximum Gasteiger partial charge on any atom is 0.248 e. The molecule has 0 radical (unpaired) electrons. The van der Waals surface area contributed by atoms with Crippen LogP contribution >= 0.6 is 0 Å². The van der Waals surface area contributed by atoms with Gasteiger partial charge in [0.05, 0.1) is 0 Å². The standard InChI is InChI=1S/C22H21N3O3/c1-15(24-17-9-7-16(8-10-17)21(23)26)22(27)25-18-11-13-20(14-12-18)28-19-5-3-2-4-6-19/h2-15,24H,1H3,(H2,23,26)(H,25,27)/t15-/m1/s1. The van der Waals surface area contributed by atoms with Crippen molar-refractivity contribution in [1.29, 1.82) is 0 Å². The molecule has 0 saturated heterocycles. The number of amides is 2. The van der Waals surface area contributed by atoms with E-state index in [9.17, 15) is 9.59 Å². The topological polar surface area (TPSA) is 93.5 Å². The van der Waals surface area contributed by atoms with Crippen molar-refractivity contribution < 1.29 is 14.3 Å². The summed E-state index contributed by atoms with van der Waals surface area (Å²) in [7, 11) is 0. The highest BCUT2D eigenvalue weighted by molar-refractivity contribution is 5.96. The predicted octanol–water partition coefficient (Wildman–Crippen LogP) is 4.02. The Kier molecular flexibility index (Phi) is 5.91. The molecule has 0 aliphatic carbocycles. The molecule has 6 nitrogen and oxygen atoms in total. The van der Waals surface area contributed by atoms with Gasteiger partial charge in [0.15, 0.2) is 0 Å². The summed E-state index contributed by atoms with van der Waals surface area (Å²) >= 11 is 0. The molecule has 3 aromatic carbocycles. The summed E-state index contributed by atoms with van der Waals surface area (Å²) in [5, 5.41) is 5.93. The van der Waals surface area contributed by atoms with Crippen LogP contribution in [0.15, 0.2) is 78.9 Å². The number of carbonyl (C=O) groups excluding carboxylic acids is 2.